The summed E-state index contributed by atoms with van der Waals surface area (Å²) in [6.07, 6.45) is 0. The quantitative estimate of drug-likeness (QED) is 0.388. The first-order valence-corrected chi connectivity index (χ1v) is 6.05. The summed E-state index contributed by atoms with van der Waals surface area (Å²) < 4.78 is 5.25. The van der Waals surface area contributed by atoms with Crippen LogP contribution in [0.2, 0.25) is 5.02 Å². The highest BCUT2D eigenvalue weighted by Crippen LogP contribution is 2.31. The second-order valence-electron chi connectivity index (χ2n) is 3.31. The van der Waals surface area contributed by atoms with Gasteiger partial charge in [-0.25, -0.2) is 0 Å². The van der Waals surface area contributed by atoms with Crippen molar-refractivity contribution >= 4 is 29.2 Å². The molecule has 8 heteroatoms. The first-order valence-electron chi connectivity index (χ1n) is 4.85. The van der Waals surface area contributed by atoms with Crippen LogP contribution in [-0.4, -0.2) is 21.2 Å². The molecule has 0 atom stereocenters. The van der Waals surface area contributed by atoms with Gasteiger partial charge in [0.15, 0.2) is 5.84 Å². The molecule has 18 heavy (non-hydrogen) atoms. The van der Waals surface area contributed by atoms with E-state index in [9.17, 15) is 0 Å². The van der Waals surface area contributed by atoms with Gasteiger partial charge in [-0.1, -0.05) is 16.8 Å². The smallest absolute Gasteiger partial charge is 0.281 e. The van der Waals surface area contributed by atoms with Gasteiger partial charge in [-0.3, -0.25) is 0 Å². The molecule has 0 radical (unpaired) electrons. The Labute approximate surface area is 112 Å². The van der Waals surface area contributed by atoms with Gasteiger partial charge in [0.1, 0.15) is 0 Å². The van der Waals surface area contributed by atoms with E-state index in [0.717, 1.165) is 0 Å². The Morgan fingerprint density at radius 2 is 2.28 bits per heavy atom. The fraction of sp³-hybridized carbons (Fsp3) is 0.100. The maximum absolute atomic E-state index is 8.72. The molecule has 1 heterocycles. The highest BCUT2D eigenvalue weighted by Gasteiger charge is 2.12. The van der Waals surface area contributed by atoms with Crippen molar-refractivity contribution in [1.29, 1.82) is 0 Å². The summed E-state index contributed by atoms with van der Waals surface area (Å²) >= 11 is 7.11. The van der Waals surface area contributed by atoms with E-state index in [1.54, 1.807) is 25.1 Å². The van der Waals surface area contributed by atoms with Crippen LogP contribution in [0.15, 0.2) is 37.9 Å². The molecular formula is C10H9ClN4O2S. The van der Waals surface area contributed by atoms with Crippen molar-refractivity contribution in [2.45, 2.75) is 17.0 Å². The van der Waals surface area contributed by atoms with Crippen LogP contribution in [0.3, 0.4) is 0 Å². The Balaban J connectivity index is 2.39. The topological polar surface area (TPSA) is 97.5 Å². The summed E-state index contributed by atoms with van der Waals surface area (Å²) in [7, 11) is 0. The molecule has 1 aromatic carbocycles. The van der Waals surface area contributed by atoms with E-state index in [4.69, 9.17) is 27.0 Å². The second kappa shape index (κ2) is 5.28. The molecule has 6 nitrogen and oxygen atoms in total. The fourth-order valence-corrected chi connectivity index (χ4v) is 2.40. The van der Waals surface area contributed by atoms with Crippen molar-refractivity contribution in [3.63, 3.8) is 0 Å². The van der Waals surface area contributed by atoms with Gasteiger partial charge < -0.3 is 15.4 Å². The Morgan fingerprint density at radius 3 is 2.89 bits per heavy atom. The lowest BCUT2D eigenvalue weighted by Gasteiger charge is -2.05. The molecule has 0 unspecified atom stereocenters. The van der Waals surface area contributed by atoms with Gasteiger partial charge in [-0.05, 0) is 30.0 Å². The number of nitrogens with zero attached hydrogens (tertiary/aromatic N) is 3. The first kappa shape index (κ1) is 12.7. The van der Waals surface area contributed by atoms with E-state index >= 15 is 0 Å². The number of aromatic nitrogens is 2. The predicted octanol–water partition coefficient (Wildman–Crippen LogP) is 2.28. The molecule has 0 amide bonds. The Morgan fingerprint density at radius 1 is 1.50 bits per heavy atom. The molecule has 3 N–H and O–H groups in total. The Bertz CT molecular complexity index is 599. The van der Waals surface area contributed by atoms with Gasteiger partial charge in [0.05, 0.1) is 0 Å². The molecule has 2 rings (SSSR count). The van der Waals surface area contributed by atoms with Gasteiger partial charge in [-0.2, -0.15) is 0 Å². The average molecular weight is 285 g/mol. The van der Waals surface area contributed by atoms with E-state index < -0.39 is 0 Å². The lowest BCUT2D eigenvalue weighted by molar-refractivity contribution is 0.318. The van der Waals surface area contributed by atoms with Gasteiger partial charge >= 0.3 is 0 Å². The van der Waals surface area contributed by atoms with E-state index in [1.165, 1.54) is 11.8 Å². The third-order valence-corrected chi connectivity index (χ3v) is 3.16. The number of halogens is 1. The number of rotatable bonds is 3. The van der Waals surface area contributed by atoms with E-state index in [0.29, 0.717) is 26.6 Å². The third kappa shape index (κ3) is 2.74. The van der Waals surface area contributed by atoms with Gasteiger partial charge in [0.2, 0.25) is 5.89 Å². The number of amidine groups is 1. The van der Waals surface area contributed by atoms with E-state index in [1.807, 2.05) is 0 Å². The minimum Gasteiger partial charge on any atom is -0.416 e. The standard InChI is InChI=1S/C10H9ClN4O2S/c1-5-13-14-10(17-5)18-8-4-6(11)2-3-7(8)9(12)15-16/h2-4,16H,1H3,(H2,12,15). The minimum atomic E-state index is -0.00889. The summed E-state index contributed by atoms with van der Waals surface area (Å²) in [6, 6.07) is 4.99. The minimum absolute atomic E-state index is 0.00889. The SMILES string of the molecule is Cc1nnc(Sc2cc(Cl)ccc2/C(N)=N/O)o1. The average Bonchev–Trinajstić information content (AvgIpc) is 2.74. The van der Waals surface area contributed by atoms with Crippen molar-refractivity contribution in [3.8, 4) is 0 Å². The van der Waals surface area contributed by atoms with Crippen LogP contribution in [0.5, 0.6) is 0 Å². The maximum Gasteiger partial charge on any atom is 0.281 e. The highest BCUT2D eigenvalue weighted by molar-refractivity contribution is 7.99. The lowest BCUT2D eigenvalue weighted by Crippen LogP contribution is -2.14. The van der Waals surface area contributed by atoms with Crippen molar-refractivity contribution < 1.29 is 9.62 Å². The molecule has 94 valence electrons. The van der Waals surface area contributed by atoms with Crippen LogP contribution < -0.4 is 5.73 Å². The van der Waals surface area contributed by atoms with Gasteiger partial charge in [0.25, 0.3) is 5.22 Å². The Kier molecular flexibility index (Phi) is 3.73. The zero-order chi connectivity index (χ0) is 13.1. The molecule has 0 fully saturated rings. The maximum atomic E-state index is 8.72. The van der Waals surface area contributed by atoms with Gasteiger partial charge in [0, 0.05) is 22.4 Å². The normalized spacial score (nSPS) is 11.8. The number of hydrogen-bond donors (Lipinski definition) is 2. The first-order chi connectivity index (χ1) is 8.60. The molecular weight excluding hydrogens is 276 g/mol. The van der Waals surface area contributed by atoms with E-state index in [2.05, 4.69) is 15.4 Å². The molecule has 0 spiro atoms. The van der Waals surface area contributed by atoms with Crippen molar-refractivity contribution in [2.24, 2.45) is 10.9 Å². The largest absolute Gasteiger partial charge is 0.416 e. The summed E-state index contributed by atoms with van der Waals surface area (Å²) in [4.78, 5) is 0.668. The molecule has 0 saturated carbocycles. The molecule has 0 aliphatic heterocycles. The monoisotopic (exact) mass is 284 g/mol. The van der Waals surface area contributed by atoms with Crippen LogP contribution in [0.1, 0.15) is 11.5 Å². The second-order valence-corrected chi connectivity index (χ2v) is 4.74. The molecule has 1 aromatic heterocycles. The molecule has 2 aromatic rings. The number of oxime groups is 1. The summed E-state index contributed by atoms with van der Waals surface area (Å²) in [6.45, 7) is 1.69. The number of nitrogens with two attached hydrogens (primary N) is 1. The molecule has 0 aliphatic rings. The number of hydrogen-bond acceptors (Lipinski definition) is 6. The number of benzene rings is 1. The van der Waals surface area contributed by atoms with Crippen LogP contribution in [0.4, 0.5) is 0 Å². The van der Waals surface area contributed by atoms with Crippen LogP contribution in [0.25, 0.3) is 0 Å². The molecule has 0 aliphatic carbocycles. The van der Waals surface area contributed by atoms with E-state index in [-0.39, 0.29) is 5.84 Å². The van der Waals surface area contributed by atoms with Crippen molar-refractivity contribution in [1.82, 2.24) is 10.2 Å². The molecule has 0 saturated heterocycles. The van der Waals surface area contributed by atoms with Crippen LogP contribution >= 0.6 is 23.4 Å². The number of aryl methyl sites for hydroxylation is 1. The summed E-state index contributed by atoms with van der Waals surface area (Å²) in [5.74, 6) is 0.454. The highest BCUT2D eigenvalue weighted by atomic mass is 35.5. The molecule has 0 bridgehead atoms. The summed E-state index contributed by atoms with van der Waals surface area (Å²) in [5, 5.41) is 20.2. The zero-order valence-electron chi connectivity index (χ0n) is 9.29. The van der Waals surface area contributed by atoms with Crippen LogP contribution in [-0.2, 0) is 0 Å². The zero-order valence-corrected chi connectivity index (χ0v) is 10.9. The fourth-order valence-electron chi connectivity index (χ4n) is 1.26. The van der Waals surface area contributed by atoms with Crippen LogP contribution in [0, 0.1) is 6.92 Å². The Hall–Kier alpha value is -1.73. The van der Waals surface area contributed by atoms with Crippen molar-refractivity contribution in [3.05, 3.63) is 34.7 Å². The lowest BCUT2D eigenvalue weighted by atomic mass is 10.2. The predicted molar refractivity (Wildman–Crippen MR) is 67.1 cm³/mol. The summed E-state index contributed by atoms with van der Waals surface area (Å²) in [5.41, 5.74) is 6.13. The van der Waals surface area contributed by atoms with Crippen molar-refractivity contribution in [2.75, 3.05) is 0 Å². The third-order valence-electron chi connectivity index (χ3n) is 2.03. The van der Waals surface area contributed by atoms with Gasteiger partial charge in [-0.15, -0.1) is 10.2 Å².